The molecule has 2 atom stereocenters. The average Bonchev–Trinajstić information content (AvgIpc) is 3.20. The number of rotatable bonds is 3. The summed E-state index contributed by atoms with van der Waals surface area (Å²) < 4.78 is 23.2. The number of piperazine rings is 1. The number of hydrogen-bond donors (Lipinski definition) is 2. The number of aromatic nitrogens is 1. The van der Waals surface area contributed by atoms with E-state index in [4.69, 9.17) is 4.74 Å². The Hall–Kier alpha value is -2.83. The molecule has 0 radical (unpaired) electrons. The first kappa shape index (κ1) is 18.0. The number of benzene rings is 1. The minimum absolute atomic E-state index is 0.0920. The number of pyridine rings is 1. The molecule has 4 heterocycles. The molecule has 2 aromatic heterocycles. The van der Waals surface area contributed by atoms with Crippen molar-refractivity contribution in [3.05, 3.63) is 27.0 Å². The van der Waals surface area contributed by atoms with Crippen LogP contribution >= 0.6 is 11.3 Å². The zero-order valence-corrected chi connectivity index (χ0v) is 17.1. The third-order valence-electron chi connectivity index (χ3n) is 6.54. The molecule has 1 saturated carbocycles. The van der Waals surface area contributed by atoms with Crippen molar-refractivity contribution in [2.45, 2.75) is 37.4 Å². The van der Waals surface area contributed by atoms with Crippen molar-refractivity contribution in [3.8, 4) is 17.6 Å². The number of ether oxygens (including phenoxy) is 1. The predicted molar refractivity (Wildman–Crippen MR) is 112 cm³/mol. The zero-order valence-electron chi connectivity index (χ0n) is 16.2. The van der Waals surface area contributed by atoms with Crippen LogP contribution in [-0.2, 0) is 0 Å². The van der Waals surface area contributed by atoms with Gasteiger partial charge in [-0.15, -0.1) is 11.3 Å². The Bertz CT molecular complexity index is 1340. The van der Waals surface area contributed by atoms with Gasteiger partial charge in [-0.3, -0.25) is 4.79 Å². The molecule has 7 nitrogen and oxygen atoms in total. The number of aromatic hydroxyl groups is 1. The molecule has 1 aliphatic carbocycles. The van der Waals surface area contributed by atoms with E-state index in [1.54, 1.807) is 0 Å². The van der Waals surface area contributed by atoms with Crippen LogP contribution in [0.4, 0.5) is 10.1 Å². The van der Waals surface area contributed by atoms with Crippen LogP contribution in [0.15, 0.2) is 10.9 Å². The van der Waals surface area contributed by atoms with Crippen LogP contribution in [0.2, 0.25) is 0 Å². The smallest absolute Gasteiger partial charge is 0.202 e. The highest BCUT2D eigenvalue weighted by molar-refractivity contribution is 7.19. The SMILES string of the molecule is COc1c(N2CC3CC2CN3)c(F)cc2c(=O)c3c(O)c(C#N)sc3n(C3CC3)c12. The monoisotopic (exact) mass is 426 g/mol. The molecule has 1 aromatic carbocycles. The number of hydrogen-bond acceptors (Lipinski definition) is 7. The first-order valence-corrected chi connectivity index (χ1v) is 10.8. The molecule has 30 heavy (non-hydrogen) atoms. The highest BCUT2D eigenvalue weighted by Crippen LogP contribution is 2.49. The molecule has 2 aliphatic heterocycles. The maximum Gasteiger partial charge on any atom is 0.202 e. The van der Waals surface area contributed by atoms with Crippen LogP contribution in [-0.4, -0.2) is 42.0 Å². The predicted octanol–water partition coefficient (Wildman–Crippen LogP) is 2.83. The molecule has 0 amide bonds. The molecule has 2 bridgehead atoms. The van der Waals surface area contributed by atoms with E-state index in [9.17, 15) is 15.2 Å². The molecular weight excluding hydrogens is 407 g/mol. The average molecular weight is 426 g/mol. The van der Waals surface area contributed by atoms with Gasteiger partial charge in [-0.25, -0.2) is 4.39 Å². The van der Waals surface area contributed by atoms with Crippen LogP contribution in [0.1, 0.15) is 30.2 Å². The summed E-state index contributed by atoms with van der Waals surface area (Å²) in [4.78, 5) is 16.0. The maximum atomic E-state index is 15.4. The lowest BCUT2D eigenvalue weighted by molar-refractivity contribution is 0.411. The first-order chi connectivity index (χ1) is 14.5. The Kier molecular flexibility index (Phi) is 3.65. The lowest BCUT2D eigenvalue weighted by Gasteiger charge is -2.32. The molecular formula is C21H19FN4O3S. The van der Waals surface area contributed by atoms with Gasteiger partial charge in [0.05, 0.1) is 18.0 Å². The van der Waals surface area contributed by atoms with Gasteiger partial charge in [-0.2, -0.15) is 5.26 Å². The Morgan fingerprint density at radius 3 is 2.80 bits per heavy atom. The summed E-state index contributed by atoms with van der Waals surface area (Å²) in [6.45, 7) is 1.49. The van der Waals surface area contributed by atoms with Crippen molar-refractivity contribution in [1.82, 2.24) is 9.88 Å². The highest BCUT2D eigenvalue weighted by atomic mass is 32.1. The van der Waals surface area contributed by atoms with Crippen LogP contribution in [0.5, 0.6) is 11.5 Å². The van der Waals surface area contributed by atoms with Crippen molar-refractivity contribution in [2.75, 3.05) is 25.1 Å². The molecule has 6 rings (SSSR count). The number of nitrogens with zero attached hydrogens (tertiary/aromatic N) is 3. The largest absolute Gasteiger partial charge is 0.505 e. The first-order valence-electron chi connectivity index (χ1n) is 10.0. The second kappa shape index (κ2) is 6.09. The summed E-state index contributed by atoms with van der Waals surface area (Å²) in [5, 5.41) is 23.6. The van der Waals surface area contributed by atoms with Crippen LogP contribution in [0.25, 0.3) is 21.1 Å². The minimum Gasteiger partial charge on any atom is -0.505 e. The molecule has 2 N–H and O–H groups in total. The second-order valence-corrected chi connectivity index (χ2v) is 9.28. The molecule has 2 unspecified atom stereocenters. The van der Waals surface area contributed by atoms with E-state index in [0.717, 1.165) is 37.1 Å². The van der Waals surface area contributed by atoms with Crippen molar-refractivity contribution >= 4 is 38.1 Å². The van der Waals surface area contributed by atoms with Gasteiger partial charge < -0.3 is 24.6 Å². The standard InChI is InChI=1S/C21H19FN4O3S/c1-29-20-16-12(5-13(22)17(20)25-8-9-4-11(25)7-24-9)18(27)15-19(28)14(6-23)30-21(15)26(16)10-2-3-10/h5,9-11,24,28H,2-4,7-8H2,1H3. The second-order valence-electron chi connectivity index (χ2n) is 8.29. The van der Waals surface area contributed by atoms with E-state index in [0.29, 0.717) is 34.4 Å². The Morgan fingerprint density at radius 1 is 1.40 bits per heavy atom. The van der Waals surface area contributed by atoms with E-state index < -0.39 is 11.2 Å². The van der Waals surface area contributed by atoms with E-state index in [-0.39, 0.29) is 33.5 Å². The van der Waals surface area contributed by atoms with Gasteiger partial charge in [0.1, 0.15) is 26.9 Å². The molecule has 3 aromatic rings. The third-order valence-corrected chi connectivity index (χ3v) is 7.62. The van der Waals surface area contributed by atoms with E-state index in [2.05, 4.69) is 5.32 Å². The number of thiophene rings is 1. The molecule has 3 fully saturated rings. The molecule has 154 valence electrons. The zero-order chi connectivity index (χ0) is 20.7. The fourth-order valence-corrected chi connectivity index (χ4v) is 6.16. The van der Waals surface area contributed by atoms with Gasteiger partial charge in [0.15, 0.2) is 17.3 Å². The van der Waals surface area contributed by atoms with E-state index in [1.807, 2.05) is 15.5 Å². The minimum atomic E-state index is -0.499. The van der Waals surface area contributed by atoms with Crippen molar-refractivity contribution < 1.29 is 14.2 Å². The number of halogens is 1. The third kappa shape index (κ3) is 2.23. The fraction of sp³-hybridized carbons (Fsp3) is 0.429. The summed E-state index contributed by atoms with van der Waals surface area (Å²) in [5.74, 6) is -0.457. The molecule has 3 aliphatic rings. The van der Waals surface area contributed by atoms with Gasteiger partial charge in [-0.05, 0) is 25.3 Å². The van der Waals surface area contributed by atoms with Gasteiger partial charge >= 0.3 is 0 Å². The molecule has 2 saturated heterocycles. The topological polar surface area (TPSA) is 90.5 Å². The lowest BCUT2D eigenvalue weighted by Crippen LogP contribution is -2.44. The number of methoxy groups -OCH3 is 1. The van der Waals surface area contributed by atoms with Crippen LogP contribution in [0.3, 0.4) is 0 Å². The number of anilines is 1. The summed E-state index contributed by atoms with van der Waals surface area (Å²) in [6, 6.07) is 3.89. The molecule has 0 spiro atoms. The summed E-state index contributed by atoms with van der Waals surface area (Å²) in [5.41, 5.74) is 0.476. The Labute approximate surface area is 174 Å². The highest BCUT2D eigenvalue weighted by Gasteiger charge is 2.41. The summed E-state index contributed by atoms with van der Waals surface area (Å²) in [6.07, 6.45) is 2.79. The Morgan fingerprint density at radius 2 is 2.20 bits per heavy atom. The van der Waals surface area contributed by atoms with Crippen molar-refractivity contribution in [3.63, 3.8) is 0 Å². The number of fused-ring (bicyclic) bond motifs is 4. The quantitative estimate of drug-likeness (QED) is 0.669. The van der Waals surface area contributed by atoms with Gasteiger partial charge in [-0.1, -0.05) is 0 Å². The summed E-state index contributed by atoms with van der Waals surface area (Å²) >= 11 is 1.10. The van der Waals surface area contributed by atoms with Gasteiger partial charge in [0, 0.05) is 31.2 Å². The fourth-order valence-electron chi connectivity index (χ4n) is 5.09. The Balaban J connectivity index is 1.75. The van der Waals surface area contributed by atoms with Gasteiger partial charge in [0.2, 0.25) is 5.43 Å². The maximum absolute atomic E-state index is 15.4. The lowest BCUT2D eigenvalue weighted by atomic mass is 10.1. The van der Waals surface area contributed by atoms with Crippen molar-refractivity contribution in [1.29, 1.82) is 5.26 Å². The number of nitrogens with one attached hydrogen (secondary N) is 1. The van der Waals surface area contributed by atoms with Crippen LogP contribution in [0, 0.1) is 17.1 Å². The number of nitriles is 1. The van der Waals surface area contributed by atoms with E-state index in [1.165, 1.54) is 13.2 Å². The molecule has 9 heteroatoms. The van der Waals surface area contributed by atoms with Crippen molar-refractivity contribution in [2.24, 2.45) is 0 Å². The van der Waals surface area contributed by atoms with Crippen LogP contribution < -0.4 is 20.4 Å². The normalized spacial score (nSPS) is 22.9. The van der Waals surface area contributed by atoms with Gasteiger partial charge in [0.25, 0.3) is 0 Å². The van der Waals surface area contributed by atoms with E-state index >= 15 is 4.39 Å². The summed E-state index contributed by atoms with van der Waals surface area (Å²) in [7, 11) is 1.50.